The average molecular weight is 1090 g/mol. The monoisotopic (exact) mass is 1090 g/mol. The SMILES string of the molecule is CC/C=C\C/C=C\C/C=C\C/C=C\CCCCCCCCCCCCCCC(=O)OC(COCCCCCCCCCCC/C=C\C/C=C\C/C=C\CCCCCCC)COC1OC(CO)C(O)C(OS(=O)(=O)O)C1O. The highest BCUT2D eigenvalue weighted by molar-refractivity contribution is 7.80. The summed E-state index contributed by atoms with van der Waals surface area (Å²) in [7, 11) is -5.07. The van der Waals surface area contributed by atoms with Gasteiger partial charge in [0.05, 0.1) is 19.8 Å². The molecule has 0 bridgehead atoms. The van der Waals surface area contributed by atoms with Gasteiger partial charge in [0.2, 0.25) is 0 Å². The summed E-state index contributed by atoms with van der Waals surface area (Å²) in [5, 5.41) is 30.9. The first-order valence-electron chi connectivity index (χ1n) is 30.3. The molecule has 1 aliphatic rings. The van der Waals surface area contributed by atoms with Crippen LogP contribution in [-0.4, -0.2) is 97.5 Å². The minimum absolute atomic E-state index is 0.0282. The van der Waals surface area contributed by atoms with Crippen LogP contribution in [0.25, 0.3) is 0 Å². The Morgan fingerprint density at radius 2 is 0.908 bits per heavy atom. The van der Waals surface area contributed by atoms with Crippen LogP contribution in [0.15, 0.2) is 85.1 Å². The lowest BCUT2D eigenvalue weighted by atomic mass is 9.99. The maximum atomic E-state index is 13.0. The number of carbonyl (C=O) groups is 1. The Hall–Kier alpha value is -2.72. The van der Waals surface area contributed by atoms with Crippen LogP contribution in [0.3, 0.4) is 0 Å². The van der Waals surface area contributed by atoms with E-state index in [0.29, 0.717) is 13.0 Å². The first-order chi connectivity index (χ1) is 37.1. The van der Waals surface area contributed by atoms with Crippen LogP contribution in [0.2, 0.25) is 0 Å². The van der Waals surface area contributed by atoms with Crippen molar-refractivity contribution < 1.29 is 56.2 Å². The molecule has 0 spiro atoms. The van der Waals surface area contributed by atoms with Gasteiger partial charge in [-0.2, -0.15) is 8.42 Å². The molecule has 0 aromatic heterocycles. The average Bonchev–Trinajstić information content (AvgIpc) is 3.40. The zero-order valence-electron chi connectivity index (χ0n) is 47.8. The molecular weight excluding hydrogens is 981 g/mol. The van der Waals surface area contributed by atoms with Gasteiger partial charge in [-0.05, 0) is 89.9 Å². The number of allylic oxidation sites excluding steroid dienone is 14. The Morgan fingerprint density at radius 3 is 1.33 bits per heavy atom. The number of aliphatic hydroxyl groups excluding tert-OH is 3. The predicted octanol–water partition coefficient (Wildman–Crippen LogP) is 15.5. The summed E-state index contributed by atoms with van der Waals surface area (Å²) in [5.41, 5.74) is 0. The number of esters is 1. The Labute approximate surface area is 463 Å². The molecule has 1 rings (SSSR count). The maximum Gasteiger partial charge on any atom is 0.397 e. The number of hydrogen-bond donors (Lipinski definition) is 4. The second-order valence-electron chi connectivity index (χ2n) is 20.6. The van der Waals surface area contributed by atoms with Gasteiger partial charge < -0.3 is 34.3 Å². The maximum absolute atomic E-state index is 13.0. The van der Waals surface area contributed by atoms with Crippen LogP contribution in [0.1, 0.15) is 245 Å². The zero-order valence-corrected chi connectivity index (χ0v) is 48.6. The molecule has 1 saturated heterocycles. The summed E-state index contributed by atoms with van der Waals surface area (Å²) in [5.74, 6) is -0.404. The third-order valence-corrected chi connectivity index (χ3v) is 14.0. The largest absolute Gasteiger partial charge is 0.457 e. The van der Waals surface area contributed by atoms with Crippen LogP contribution in [-0.2, 0) is 38.3 Å². The number of hydrogen-bond acceptors (Lipinski definition) is 11. The van der Waals surface area contributed by atoms with E-state index in [2.05, 4.69) is 103 Å². The number of unbranched alkanes of at least 4 members (excludes halogenated alkanes) is 26. The Kier molecular flexibility index (Phi) is 49.7. The second-order valence-corrected chi connectivity index (χ2v) is 21.6. The Morgan fingerprint density at radius 1 is 0.513 bits per heavy atom. The fourth-order valence-electron chi connectivity index (χ4n) is 8.97. The van der Waals surface area contributed by atoms with Crippen molar-refractivity contribution in [2.24, 2.45) is 0 Å². The molecule has 1 fully saturated rings. The quantitative estimate of drug-likeness (QED) is 0.0196. The van der Waals surface area contributed by atoms with Crippen LogP contribution in [0, 0.1) is 0 Å². The molecule has 12 nitrogen and oxygen atoms in total. The van der Waals surface area contributed by atoms with Crippen molar-refractivity contribution in [2.75, 3.05) is 26.4 Å². The van der Waals surface area contributed by atoms with Gasteiger partial charge in [-0.1, -0.05) is 234 Å². The highest BCUT2D eigenvalue weighted by atomic mass is 32.3. The van der Waals surface area contributed by atoms with E-state index in [1.165, 1.54) is 128 Å². The normalized spacial score (nSPS) is 19.2. The lowest BCUT2D eigenvalue weighted by Gasteiger charge is -2.41. The van der Waals surface area contributed by atoms with Gasteiger partial charge >= 0.3 is 16.4 Å². The van der Waals surface area contributed by atoms with Crippen molar-refractivity contribution >= 4 is 16.4 Å². The molecule has 4 N–H and O–H groups in total. The lowest BCUT2D eigenvalue weighted by molar-refractivity contribution is -0.301. The Bertz CT molecular complexity index is 1640. The first kappa shape index (κ1) is 71.3. The molecule has 6 unspecified atom stereocenters. The molecule has 6 atom stereocenters. The third kappa shape index (κ3) is 45.2. The molecule has 0 amide bonds. The highest BCUT2D eigenvalue weighted by Crippen LogP contribution is 2.26. The first-order valence-corrected chi connectivity index (χ1v) is 31.7. The minimum atomic E-state index is -5.07. The van der Waals surface area contributed by atoms with Crippen molar-refractivity contribution in [2.45, 2.75) is 282 Å². The predicted molar refractivity (Wildman–Crippen MR) is 312 cm³/mol. The summed E-state index contributed by atoms with van der Waals surface area (Å²) >= 11 is 0. The molecule has 13 heteroatoms. The van der Waals surface area contributed by atoms with Gasteiger partial charge in [-0.25, -0.2) is 4.18 Å². The molecule has 1 heterocycles. The van der Waals surface area contributed by atoms with Crippen molar-refractivity contribution in [1.82, 2.24) is 0 Å². The smallest absolute Gasteiger partial charge is 0.397 e. The molecule has 1 aliphatic heterocycles. The van der Waals surface area contributed by atoms with E-state index < -0.39 is 59.8 Å². The molecule has 0 aromatic rings. The van der Waals surface area contributed by atoms with Gasteiger partial charge in [0.25, 0.3) is 0 Å². The minimum Gasteiger partial charge on any atom is -0.457 e. The summed E-state index contributed by atoms with van der Waals surface area (Å²) in [6.45, 7) is 3.88. The number of carbonyl (C=O) groups excluding carboxylic acids is 1. The fourth-order valence-corrected chi connectivity index (χ4v) is 9.48. The fraction of sp³-hybridized carbons (Fsp3) is 0.762. The van der Waals surface area contributed by atoms with Crippen LogP contribution in [0.4, 0.5) is 0 Å². The molecule has 76 heavy (non-hydrogen) atoms. The van der Waals surface area contributed by atoms with Gasteiger partial charge in [0, 0.05) is 13.0 Å². The Balaban J connectivity index is 2.29. The summed E-state index contributed by atoms with van der Waals surface area (Å²) in [4.78, 5) is 13.0. The number of ether oxygens (including phenoxy) is 4. The van der Waals surface area contributed by atoms with E-state index in [4.69, 9.17) is 18.9 Å². The van der Waals surface area contributed by atoms with Gasteiger partial charge in [-0.15, -0.1) is 0 Å². The topological polar surface area (TPSA) is 178 Å². The second kappa shape index (κ2) is 53.0. The van der Waals surface area contributed by atoms with E-state index in [0.717, 1.165) is 89.9 Å². The molecule has 0 radical (unpaired) electrons. The molecular formula is C63H110O12S. The summed E-state index contributed by atoms with van der Waals surface area (Å²) < 4.78 is 59.5. The van der Waals surface area contributed by atoms with E-state index in [-0.39, 0.29) is 19.6 Å². The highest BCUT2D eigenvalue weighted by Gasteiger charge is 2.48. The standard InChI is InChI=1S/C63H110O12S/c1-3-5-7-9-11-13-15-17-19-21-23-25-27-29-30-32-34-36-38-40-42-44-46-48-50-52-59(65)73-57(56-72-63-61(67)62(75-76(68,69)70)60(66)58(54-64)74-63)55-71-53-51-49-47-45-43-41-39-37-35-33-31-28-26-24-22-20-18-16-14-12-10-8-6-4-2/h5,7,11,13,16-19,22-25,28,31,57-58,60-64,66-67H,3-4,6,8-10,12,14-15,20-21,26-27,29-30,32-56H2,1-2H3,(H,68,69,70)/b7-5-,13-11-,18-16-,19-17-,24-22-,25-23-,31-28-. The molecule has 0 saturated carbocycles. The van der Waals surface area contributed by atoms with Crippen LogP contribution < -0.4 is 0 Å². The number of rotatable bonds is 53. The summed E-state index contributed by atoms with van der Waals surface area (Å²) in [6, 6.07) is 0. The van der Waals surface area contributed by atoms with E-state index >= 15 is 0 Å². The molecule has 440 valence electrons. The molecule has 0 aromatic carbocycles. The summed E-state index contributed by atoms with van der Waals surface area (Å²) in [6.07, 6.45) is 63.3. The van der Waals surface area contributed by atoms with E-state index in [1.54, 1.807) is 0 Å². The van der Waals surface area contributed by atoms with Gasteiger partial charge in [0.15, 0.2) is 6.29 Å². The van der Waals surface area contributed by atoms with Crippen molar-refractivity contribution in [3.63, 3.8) is 0 Å². The third-order valence-electron chi connectivity index (χ3n) is 13.5. The zero-order chi connectivity index (χ0) is 55.3. The van der Waals surface area contributed by atoms with Crippen molar-refractivity contribution in [1.29, 1.82) is 0 Å². The number of aliphatic hydroxyl groups is 3. The molecule has 0 aliphatic carbocycles. The van der Waals surface area contributed by atoms with Gasteiger partial charge in [0.1, 0.15) is 30.5 Å². The van der Waals surface area contributed by atoms with Crippen molar-refractivity contribution in [3.8, 4) is 0 Å². The van der Waals surface area contributed by atoms with E-state index in [1.807, 2.05) is 0 Å². The van der Waals surface area contributed by atoms with E-state index in [9.17, 15) is 33.1 Å². The lowest BCUT2D eigenvalue weighted by Crippen LogP contribution is -2.60. The van der Waals surface area contributed by atoms with Crippen molar-refractivity contribution in [3.05, 3.63) is 85.1 Å². The van der Waals surface area contributed by atoms with Gasteiger partial charge in [-0.3, -0.25) is 9.35 Å². The van der Waals surface area contributed by atoms with Crippen LogP contribution >= 0.6 is 0 Å². The van der Waals surface area contributed by atoms with Crippen LogP contribution in [0.5, 0.6) is 0 Å².